The Balaban J connectivity index is 1.27. The Morgan fingerprint density at radius 3 is 2.76 bits per heavy atom. The van der Waals surface area contributed by atoms with Crippen molar-refractivity contribution in [3.63, 3.8) is 0 Å². The van der Waals surface area contributed by atoms with Gasteiger partial charge in [0.05, 0.1) is 37.7 Å². The molecule has 0 atom stereocenters. The Labute approximate surface area is 234 Å². The number of pyridine rings is 1. The third-order valence-corrected chi connectivity index (χ3v) is 6.70. The number of imidazole rings is 1. The molecular formula is C28H28N8O5. The number of morpholine rings is 1. The highest BCUT2D eigenvalue weighted by Gasteiger charge is 2.23. The Kier molecular flexibility index (Phi) is 7.43. The van der Waals surface area contributed by atoms with Gasteiger partial charge in [0.15, 0.2) is 17.3 Å². The van der Waals surface area contributed by atoms with Gasteiger partial charge in [-0.2, -0.15) is 0 Å². The zero-order valence-electron chi connectivity index (χ0n) is 22.3. The molecule has 4 heterocycles. The van der Waals surface area contributed by atoms with Crippen LogP contribution in [0.1, 0.15) is 10.4 Å². The van der Waals surface area contributed by atoms with Crippen LogP contribution in [0, 0.1) is 0 Å². The molecule has 0 spiro atoms. The van der Waals surface area contributed by atoms with E-state index in [9.17, 15) is 4.79 Å². The molecule has 1 aliphatic rings. The van der Waals surface area contributed by atoms with E-state index in [1.54, 1.807) is 43.6 Å². The van der Waals surface area contributed by atoms with Gasteiger partial charge in [-0.3, -0.25) is 14.3 Å². The van der Waals surface area contributed by atoms with Gasteiger partial charge in [0.25, 0.3) is 5.91 Å². The molecule has 1 aliphatic heterocycles. The van der Waals surface area contributed by atoms with Gasteiger partial charge < -0.3 is 25.3 Å². The van der Waals surface area contributed by atoms with E-state index >= 15 is 0 Å². The lowest BCUT2D eigenvalue weighted by Gasteiger charge is -2.26. The summed E-state index contributed by atoms with van der Waals surface area (Å²) in [4.78, 5) is 24.2. The van der Waals surface area contributed by atoms with Crippen molar-refractivity contribution < 1.29 is 23.6 Å². The van der Waals surface area contributed by atoms with Crippen LogP contribution in [0.2, 0.25) is 0 Å². The Hall–Kier alpha value is -5.01. The summed E-state index contributed by atoms with van der Waals surface area (Å²) in [6.07, 6.45) is 1.59. The molecule has 3 N–H and O–H groups in total. The molecule has 1 fully saturated rings. The van der Waals surface area contributed by atoms with E-state index in [1.807, 2.05) is 28.8 Å². The maximum Gasteiger partial charge on any atom is 0.251 e. The number of aromatic nitrogens is 5. The molecule has 5 aromatic rings. The molecule has 2 aromatic carbocycles. The Morgan fingerprint density at radius 1 is 1.10 bits per heavy atom. The van der Waals surface area contributed by atoms with Gasteiger partial charge in [0, 0.05) is 37.8 Å². The predicted molar refractivity (Wildman–Crippen MR) is 149 cm³/mol. The van der Waals surface area contributed by atoms with E-state index in [4.69, 9.17) is 29.6 Å². The van der Waals surface area contributed by atoms with E-state index in [2.05, 4.69) is 25.5 Å². The molecule has 0 unspecified atom stereocenters. The number of nitrogens with two attached hydrogens (primary N) is 1. The largest absolute Gasteiger partial charge is 0.495 e. The number of para-hydroxylation sites is 2. The SMILES string of the molecule is COc1ccccc1-n1c(-c2nonc2N)nc2cnc(Oc3cccc(C(=O)NCCN4CCOCC4)c3)cc21. The summed E-state index contributed by atoms with van der Waals surface area (Å²) in [5.74, 6) is 1.70. The zero-order chi connectivity index (χ0) is 28.2. The van der Waals surface area contributed by atoms with Gasteiger partial charge in [-0.25, -0.2) is 14.6 Å². The zero-order valence-corrected chi connectivity index (χ0v) is 22.3. The number of carbonyl (C=O) groups is 1. The maximum atomic E-state index is 12.8. The molecule has 13 nitrogen and oxygen atoms in total. The van der Waals surface area contributed by atoms with Crippen LogP contribution >= 0.6 is 0 Å². The second-order valence-corrected chi connectivity index (χ2v) is 9.29. The summed E-state index contributed by atoms with van der Waals surface area (Å²) in [5.41, 5.74) is 8.71. The van der Waals surface area contributed by atoms with Gasteiger partial charge in [-0.05, 0) is 40.6 Å². The van der Waals surface area contributed by atoms with Crippen LogP contribution < -0.4 is 20.5 Å². The first kappa shape index (κ1) is 26.2. The minimum atomic E-state index is -0.176. The van der Waals surface area contributed by atoms with Crippen molar-refractivity contribution in [1.82, 2.24) is 35.1 Å². The van der Waals surface area contributed by atoms with Crippen molar-refractivity contribution in [3.8, 4) is 34.6 Å². The summed E-state index contributed by atoms with van der Waals surface area (Å²) in [7, 11) is 1.59. The fraction of sp³-hybridized carbons (Fsp3) is 0.250. The molecule has 1 saturated heterocycles. The van der Waals surface area contributed by atoms with Crippen molar-refractivity contribution in [2.75, 3.05) is 52.2 Å². The fourth-order valence-corrected chi connectivity index (χ4v) is 4.66. The first-order chi connectivity index (χ1) is 20.1. The lowest BCUT2D eigenvalue weighted by Crippen LogP contribution is -2.41. The number of rotatable bonds is 9. The van der Waals surface area contributed by atoms with E-state index < -0.39 is 0 Å². The molecule has 3 aromatic heterocycles. The van der Waals surface area contributed by atoms with Gasteiger partial charge in [0.2, 0.25) is 5.88 Å². The molecule has 6 rings (SSSR count). The third kappa shape index (κ3) is 5.53. The van der Waals surface area contributed by atoms with Crippen LogP contribution in [0.4, 0.5) is 5.82 Å². The first-order valence-electron chi connectivity index (χ1n) is 13.1. The number of hydrogen-bond acceptors (Lipinski definition) is 11. The molecule has 0 aliphatic carbocycles. The Morgan fingerprint density at radius 2 is 1.95 bits per heavy atom. The summed E-state index contributed by atoms with van der Waals surface area (Å²) in [5, 5.41) is 10.6. The van der Waals surface area contributed by atoms with Crippen LogP contribution in [0.15, 0.2) is 65.4 Å². The van der Waals surface area contributed by atoms with Crippen molar-refractivity contribution >= 4 is 22.8 Å². The average molecular weight is 557 g/mol. The van der Waals surface area contributed by atoms with Gasteiger partial charge in [0.1, 0.15) is 17.0 Å². The maximum absolute atomic E-state index is 12.8. The summed E-state index contributed by atoms with van der Waals surface area (Å²) < 4.78 is 23.7. The highest BCUT2D eigenvalue weighted by Crippen LogP contribution is 2.35. The molecule has 0 saturated carbocycles. The summed E-state index contributed by atoms with van der Waals surface area (Å²) >= 11 is 0. The lowest BCUT2D eigenvalue weighted by molar-refractivity contribution is 0.0383. The van der Waals surface area contributed by atoms with Crippen LogP contribution in [-0.2, 0) is 4.74 Å². The fourth-order valence-electron chi connectivity index (χ4n) is 4.66. The number of hydrogen-bond donors (Lipinski definition) is 2. The number of fused-ring (bicyclic) bond motifs is 1. The molecule has 41 heavy (non-hydrogen) atoms. The minimum absolute atomic E-state index is 0.0981. The van der Waals surface area contributed by atoms with Gasteiger partial charge in [-0.1, -0.05) is 18.2 Å². The molecule has 13 heteroatoms. The van der Waals surface area contributed by atoms with Gasteiger partial charge >= 0.3 is 0 Å². The van der Waals surface area contributed by atoms with Crippen molar-refractivity contribution in [2.45, 2.75) is 0 Å². The van der Waals surface area contributed by atoms with Crippen LogP contribution in [0.5, 0.6) is 17.4 Å². The van der Waals surface area contributed by atoms with Crippen LogP contribution in [0.3, 0.4) is 0 Å². The number of amides is 1. The molecule has 0 radical (unpaired) electrons. The molecule has 210 valence electrons. The van der Waals surface area contributed by atoms with E-state index in [0.29, 0.717) is 52.0 Å². The number of benzene rings is 2. The highest BCUT2D eigenvalue weighted by molar-refractivity contribution is 5.94. The number of anilines is 1. The van der Waals surface area contributed by atoms with Gasteiger partial charge in [-0.15, -0.1) is 0 Å². The third-order valence-electron chi connectivity index (χ3n) is 6.70. The molecule has 0 bridgehead atoms. The average Bonchev–Trinajstić information content (AvgIpc) is 3.60. The Bertz CT molecular complexity index is 1680. The summed E-state index contributed by atoms with van der Waals surface area (Å²) in [6.45, 7) is 4.50. The quantitative estimate of drug-likeness (QED) is 0.275. The second kappa shape index (κ2) is 11.6. The standard InChI is InChI=1S/C28H28N8O5/c1-38-23-8-3-2-7-21(23)36-22-16-24(31-17-20(22)32-27(36)25-26(29)34-41-33-25)40-19-6-4-5-18(15-19)28(37)30-9-10-35-11-13-39-14-12-35/h2-8,15-17H,9-14H2,1H3,(H2,29,34)(H,30,37). The van der Waals surface area contributed by atoms with Crippen LogP contribution in [0.25, 0.3) is 28.2 Å². The summed E-state index contributed by atoms with van der Waals surface area (Å²) in [6, 6.07) is 16.2. The highest BCUT2D eigenvalue weighted by atomic mass is 16.6. The monoisotopic (exact) mass is 556 g/mol. The smallest absolute Gasteiger partial charge is 0.251 e. The normalized spacial score (nSPS) is 13.8. The second-order valence-electron chi connectivity index (χ2n) is 9.29. The molecule has 1 amide bonds. The number of ether oxygens (including phenoxy) is 3. The van der Waals surface area contributed by atoms with Crippen LogP contribution in [-0.4, -0.2) is 82.2 Å². The lowest BCUT2D eigenvalue weighted by atomic mass is 10.2. The number of nitrogens with zero attached hydrogens (tertiary/aromatic N) is 6. The predicted octanol–water partition coefficient (Wildman–Crippen LogP) is 2.92. The van der Waals surface area contributed by atoms with Crippen molar-refractivity contribution in [3.05, 3.63) is 66.4 Å². The topological polar surface area (TPSA) is 156 Å². The number of nitrogens with one attached hydrogen (secondary N) is 1. The number of nitrogen functional groups attached to an aromatic ring is 1. The minimum Gasteiger partial charge on any atom is -0.495 e. The van der Waals surface area contributed by atoms with Crippen molar-refractivity contribution in [2.24, 2.45) is 0 Å². The van der Waals surface area contributed by atoms with E-state index in [-0.39, 0.29) is 17.4 Å². The van der Waals surface area contributed by atoms with Crippen molar-refractivity contribution in [1.29, 1.82) is 0 Å². The first-order valence-corrected chi connectivity index (χ1v) is 13.1. The number of carbonyl (C=O) groups excluding carboxylic acids is 1. The molecular weight excluding hydrogens is 528 g/mol. The van der Waals surface area contributed by atoms with E-state index in [0.717, 1.165) is 32.8 Å². The number of methoxy groups -OCH3 is 1. The van der Waals surface area contributed by atoms with E-state index in [1.165, 1.54) is 0 Å².